The molecule has 0 aliphatic carbocycles. The highest BCUT2D eigenvalue weighted by Gasteiger charge is 2.23. The fourth-order valence-corrected chi connectivity index (χ4v) is 3.25. The third-order valence-corrected chi connectivity index (χ3v) is 4.83. The predicted molar refractivity (Wildman–Crippen MR) is 106 cm³/mol. The van der Waals surface area contributed by atoms with Crippen LogP contribution in [0.25, 0.3) is 11.0 Å². The molecule has 29 heavy (non-hydrogen) atoms. The van der Waals surface area contributed by atoms with Crippen molar-refractivity contribution in [3.05, 3.63) is 94.3 Å². The molecule has 0 amide bonds. The molecule has 1 N–H and O–H groups in total. The van der Waals surface area contributed by atoms with Crippen molar-refractivity contribution in [3.63, 3.8) is 0 Å². The maximum absolute atomic E-state index is 15.2. The van der Waals surface area contributed by atoms with Gasteiger partial charge >= 0.3 is 0 Å². The summed E-state index contributed by atoms with van der Waals surface area (Å²) in [6, 6.07) is 11.3. The molecule has 0 bridgehead atoms. The number of aromatic nitrogens is 2. The van der Waals surface area contributed by atoms with Crippen LogP contribution < -0.4 is 4.74 Å². The number of rotatable bonds is 5. The fraction of sp³-hybridized carbons (Fsp3) is 0.130. The molecule has 0 saturated carbocycles. The number of halogens is 2. The Kier molecular flexibility index (Phi) is 4.84. The van der Waals surface area contributed by atoms with Crippen LogP contribution in [-0.4, -0.2) is 15.8 Å². The number of benzene rings is 2. The molecule has 2 heterocycles. The molecule has 0 spiro atoms. The molecule has 4 rings (SSSR count). The second kappa shape index (κ2) is 7.47. The molecule has 4 aromatic rings. The van der Waals surface area contributed by atoms with Crippen LogP contribution >= 0.6 is 0 Å². The van der Waals surface area contributed by atoms with Gasteiger partial charge < -0.3 is 9.72 Å². The van der Waals surface area contributed by atoms with Crippen molar-refractivity contribution in [1.82, 2.24) is 9.97 Å². The van der Waals surface area contributed by atoms with Crippen molar-refractivity contribution < 1.29 is 18.3 Å². The van der Waals surface area contributed by atoms with Gasteiger partial charge in [-0.25, -0.2) is 13.8 Å². The zero-order valence-corrected chi connectivity index (χ0v) is 15.9. The number of carbonyl (C=O) groups is 1. The molecule has 0 aliphatic rings. The van der Waals surface area contributed by atoms with E-state index in [1.165, 1.54) is 18.3 Å². The van der Waals surface area contributed by atoms with Crippen molar-refractivity contribution >= 4 is 16.8 Å². The summed E-state index contributed by atoms with van der Waals surface area (Å²) in [6.07, 6.45) is 3.13. The van der Waals surface area contributed by atoms with Crippen LogP contribution in [0.3, 0.4) is 0 Å². The van der Waals surface area contributed by atoms with E-state index in [4.69, 9.17) is 4.74 Å². The Bertz CT molecular complexity index is 1230. The predicted octanol–water partition coefficient (Wildman–Crippen LogP) is 5.27. The zero-order chi connectivity index (χ0) is 20.5. The van der Waals surface area contributed by atoms with E-state index in [2.05, 4.69) is 9.97 Å². The van der Waals surface area contributed by atoms with E-state index in [0.29, 0.717) is 27.7 Å². The van der Waals surface area contributed by atoms with Gasteiger partial charge in [0, 0.05) is 28.9 Å². The number of aromatic amines is 1. The maximum Gasteiger partial charge on any atom is 0.198 e. The number of pyridine rings is 1. The van der Waals surface area contributed by atoms with Gasteiger partial charge in [0.2, 0.25) is 0 Å². The number of ketones is 1. The first-order chi connectivity index (χ1) is 14.0. The van der Waals surface area contributed by atoms with E-state index >= 15 is 4.39 Å². The lowest BCUT2D eigenvalue weighted by Gasteiger charge is -2.12. The Balaban J connectivity index is 1.67. The molecule has 0 saturated heterocycles. The standard InChI is InChI=1S/C23H18F2N2O2/c1-13-5-7-15(18(24)10-13)12-29-19-8-6-14(2)20(21(19)25)22(28)17-11-27-23-16(17)4-3-9-26-23/h3-11H,12H2,1-2H3,(H,26,27). The van der Waals surface area contributed by atoms with Crippen LogP contribution in [0, 0.1) is 25.5 Å². The highest BCUT2D eigenvalue weighted by molar-refractivity contribution is 6.16. The van der Waals surface area contributed by atoms with Gasteiger partial charge in [0.15, 0.2) is 17.3 Å². The Morgan fingerprint density at radius 2 is 1.97 bits per heavy atom. The summed E-state index contributed by atoms with van der Waals surface area (Å²) in [7, 11) is 0. The molecule has 6 heteroatoms. The maximum atomic E-state index is 15.2. The number of fused-ring (bicyclic) bond motifs is 1. The van der Waals surface area contributed by atoms with Crippen molar-refractivity contribution in [2.45, 2.75) is 20.5 Å². The monoisotopic (exact) mass is 392 g/mol. The number of carbonyl (C=O) groups excluding carboxylic acids is 1. The average molecular weight is 392 g/mol. The second-order valence-electron chi connectivity index (χ2n) is 6.88. The summed E-state index contributed by atoms with van der Waals surface area (Å²) in [4.78, 5) is 20.2. The number of ether oxygens (including phenoxy) is 1. The fourth-order valence-electron chi connectivity index (χ4n) is 3.25. The van der Waals surface area contributed by atoms with Crippen LogP contribution in [-0.2, 0) is 6.61 Å². The minimum Gasteiger partial charge on any atom is -0.486 e. The van der Waals surface area contributed by atoms with E-state index in [9.17, 15) is 9.18 Å². The topological polar surface area (TPSA) is 55.0 Å². The van der Waals surface area contributed by atoms with Gasteiger partial charge in [-0.3, -0.25) is 4.79 Å². The number of aryl methyl sites for hydroxylation is 2. The molecule has 2 aromatic heterocycles. The lowest BCUT2D eigenvalue weighted by molar-refractivity contribution is 0.103. The van der Waals surface area contributed by atoms with Gasteiger partial charge in [-0.15, -0.1) is 0 Å². The Morgan fingerprint density at radius 1 is 1.14 bits per heavy atom. The van der Waals surface area contributed by atoms with Crippen LogP contribution in [0.5, 0.6) is 5.75 Å². The quantitative estimate of drug-likeness (QED) is 0.471. The molecule has 0 radical (unpaired) electrons. The first-order valence-electron chi connectivity index (χ1n) is 9.09. The van der Waals surface area contributed by atoms with Crippen LogP contribution in [0.1, 0.15) is 32.6 Å². The highest BCUT2D eigenvalue weighted by atomic mass is 19.1. The first kappa shape index (κ1) is 18.8. The van der Waals surface area contributed by atoms with Crippen molar-refractivity contribution in [3.8, 4) is 5.75 Å². The third-order valence-electron chi connectivity index (χ3n) is 4.83. The third kappa shape index (κ3) is 3.49. The number of H-pyrrole nitrogens is 1. The Labute approximate surface area is 166 Å². The number of nitrogens with zero attached hydrogens (tertiary/aromatic N) is 1. The van der Waals surface area contributed by atoms with Gasteiger partial charge in [-0.1, -0.05) is 18.2 Å². The first-order valence-corrected chi connectivity index (χ1v) is 9.09. The van der Waals surface area contributed by atoms with E-state index in [-0.39, 0.29) is 17.9 Å². The number of nitrogens with one attached hydrogen (secondary N) is 1. The van der Waals surface area contributed by atoms with Gasteiger partial charge in [0.05, 0.1) is 5.56 Å². The van der Waals surface area contributed by atoms with Crippen molar-refractivity contribution in [1.29, 1.82) is 0 Å². The van der Waals surface area contributed by atoms with Gasteiger partial charge in [0.25, 0.3) is 0 Å². The summed E-state index contributed by atoms with van der Waals surface area (Å²) < 4.78 is 34.7. The minimum absolute atomic E-state index is 0.0726. The summed E-state index contributed by atoms with van der Waals surface area (Å²) in [5, 5.41) is 0.615. The van der Waals surface area contributed by atoms with Crippen molar-refractivity contribution in [2.24, 2.45) is 0 Å². The average Bonchev–Trinajstić information content (AvgIpc) is 3.13. The minimum atomic E-state index is -0.763. The van der Waals surface area contributed by atoms with Gasteiger partial charge in [-0.2, -0.15) is 0 Å². The lowest BCUT2D eigenvalue weighted by atomic mass is 9.98. The molecule has 2 aromatic carbocycles. The lowest BCUT2D eigenvalue weighted by Crippen LogP contribution is -2.09. The number of hydrogen-bond acceptors (Lipinski definition) is 3. The molecule has 4 nitrogen and oxygen atoms in total. The van der Waals surface area contributed by atoms with Gasteiger partial charge in [0.1, 0.15) is 18.1 Å². The number of hydrogen-bond donors (Lipinski definition) is 1. The molecule has 146 valence electrons. The molecule has 0 unspecified atom stereocenters. The SMILES string of the molecule is Cc1ccc(COc2ccc(C)c(C(=O)c3c[nH]c4ncccc34)c2F)c(F)c1. The van der Waals surface area contributed by atoms with Crippen molar-refractivity contribution in [2.75, 3.05) is 0 Å². The molecular weight excluding hydrogens is 374 g/mol. The summed E-state index contributed by atoms with van der Waals surface area (Å²) in [6.45, 7) is 3.30. The van der Waals surface area contributed by atoms with Crippen LogP contribution in [0.4, 0.5) is 8.78 Å². The zero-order valence-electron chi connectivity index (χ0n) is 15.9. The summed E-state index contributed by atoms with van der Waals surface area (Å²) in [5.41, 5.74) is 2.39. The molecule has 0 atom stereocenters. The Morgan fingerprint density at radius 3 is 2.76 bits per heavy atom. The summed E-state index contributed by atoms with van der Waals surface area (Å²) >= 11 is 0. The Hall–Kier alpha value is -3.54. The largest absolute Gasteiger partial charge is 0.486 e. The van der Waals surface area contributed by atoms with E-state index in [1.54, 1.807) is 50.4 Å². The van der Waals surface area contributed by atoms with Gasteiger partial charge in [-0.05, 0) is 49.2 Å². The van der Waals surface area contributed by atoms with E-state index in [1.807, 2.05) is 0 Å². The molecular formula is C23H18F2N2O2. The van der Waals surface area contributed by atoms with E-state index < -0.39 is 17.4 Å². The smallest absolute Gasteiger partial charge is 0.198 e. The van der Waals surface area contributed by atoms with Crippen LogP contribution in [0.2, 0.25) is 0 Å². The normalized spacial score (nSPS) is 11.0. The second-order valence-corrected chi connectivity index (χ2v) is 6.88. The van der Waals surface area contributed by atoms with E-state index in [0.717, 1.165) is 5.56 Å². The highest BCUT2D eigenvalue weighted by Crippen LogP contribution is 2.29. The summed E-state index contributed by atoms with van der Waals surface area (Å²) in [5.74, 6) is -1.75. The molecule has 0 fully saturated rings. The van der Waals surface area contributed by atoms with Crippen LogP contribution in [0.15, 0.2) is 54.9 Å². The molecule has 0 aliphatic heterocycles.